The number of halogens is 1. The van der Waals surface area contributed by atoms with Gasteiger partial charge in [-0.15, -0.1) is 0 Å². The van der Waals surface area contributed by atoms with Gasteiger partial charge in [-0.1, -0.05) is 6.07 Å². The fraction of sp³-hybridized carbons (Fsp3) is 0.316. The molecule has 25 heavy (non-hydrogen) atoms. The number of nitrogens with one attached hydrogen (secondary N) is 1. The van der Waals surface area contributed by atoms with E-state index in [1.165, 1.54) is 13.2 Å². The van der Waals surface area contributed by atoms with Gasteiger partial charge in [-0.25, -0.2) is 4.39 Å². The van der Waals surface area contributed by atoms with Gasteiger partial charge in [0, 0.05) is 30.9 Å². The van der Waals surface area contributed by atoms with Gasteiger partial charge in [0.15, 0.2) is 11.6 Å². The predicted molar refractivity (Wildman–Crippen MR) is 93.4 cm³/mol. The molecule has 1 saturated heterocycles. The van der Waals surface area contributed by atoms with Gasteiger partial charge in [-0.05, 0) is 42.0 Å². The normalized spacial score (nSPS) is 14.2. The van der Waals surface area contributed by atoms with Crippen LogP contribution in [0.25, 0.3) is 0 Å². The van der Waals surface area contributed by atoms with Crippen molar-refractivity contribution in [3.63, 3.8) is 0 Å². The van der Waals surface area contributed by atoms with Crippen molar-refractivity contribution in [3.05, 3.63) is 59.4 Å². The molecule has 1 amide bonds. The second-order valence-corrected chi connectivity index (χ2v) is 5.80. The van der Waals surface area contributed by atoms with Gasteiger partial charge in [-0.2, -0.15) is 0 Å². The van der Waals surface area contributed by atoms with Crippen LogP contribution in [0.5, 0.6) is 5.75 Å². The summed E-state index contributed by atoms with van der Waals surface area (Å²) < 4.78 is 23.9. The zero-order valence-electron chi connectivity index (χ0n) is 14.1. The van der Waals surface area contributed by atoms with Crippen molar-refractivity contribution in [2.75, 3.05) is 38.7 Å². The number of benzene rings is 2. The monoisotopic (exact) mass is 344 g/mol. The van der Waals surface area contributed by atoms with Crippen LogP contribution in [-0.2, 0) is 11.3 Å². The maximum absolute atomic E-state index is 13.7. The number of anilines is 1. The average molecular weight is 344 g/mol. The van der Waals surface area contributed by atoms with Crippen molar-refractivity contribution in [3.8, 4) is 5.75 Å². The summed E-state index contributed by atoms with van der Waals surface area (Å²) in [5.74, 6) is -0.130. The third-order valence-corrected chi connectivity index (χ3v) is 4.14. The molecule has 0 aliphatic carbocycles. The molecule has 1 N–H and O–H groups in total. The predicted octanol–water partition coefficient (Wildman–Crippen LogP) is 2.92. The van der Waals surface area contributed by atoms with Crippen LogP contribution in [0.1, 0.15) is 15.9 Å². The summed E-state index contributed by atoms with van der Waals surface area (Å²) in [4.78, 5) is 14.2. The molecule has 1 aliphatic rings. The molecule has 3 rings (SSSR count). The number of amides is 1. The summed E-state index contributed by atoms with van der Waals surface area (Å²) in [6, 6.07) is 12.2. The number of rotatable bonds is 5. The summed E-state index contributed by atoms with van der Waals surface area (Å²) in [5, 5.41) is 3.22. The van der Waals surface area contributed by atoms with Crippen LogP contribution in [0.15, 0.2) is 42.5 Å². The van der Waals surface area contributed by atoms with Crippen molar-refractivity contribution < 1.29 is 18.7 Å². The molecule has 0 aromatic heterocycles. The number of nitrogens with zero attached hydrogens (tertiary/aromatic N) is 1. The molecular formula is C19H21FN2O3. The minimum Gasteiger partial charge on any atom is -0.494 e. The lowest BCUT2D eigenvalue weighted by Gasteiger charge is -2.26. The van der Waals surface area contributed by atoms with Crippen molar-refractivity contribution >= 4 is 11.6 Å². The number of morpholine rings is 1. The Morgan fingerprint density at radius 2 is 1.92 bits per heavy atom. The summed E-state index contributed by atoms with van der Waals surface area (Å²) in [7, 11) is 1.44. The maximum Gasteiger partial charge on any atom is 0.254 e. The van der Waals surface area contributed by atoms with Crippen LogP contribution in [0, 0.1) is 5.82 Å². The van der Waals surface area contributed by atoms with Crippen LogP contribution < -0.4 is 10.1 Å². The molecule has 0 atom stereocenters. The highest BCUT2D eigenvalue weighted by Gasteiger charge is 2.18. The van der Waals surface area contributed by atoms with Gasteiger partial charge in [0.25, 0.3) is 5.91 Å². The minimum absolute atomic E-state index is 0.0204. The average Bonchev–Trinajstić information content (AvgIpc) is 2.67. The Bertz CT molecular complexity index is 728. The van der Waals surface area contributed by atoms with Crippen LogP contribution in [0.3, 0.4) is 0 Å². The molecule has 2 aromatic rings. The molecule has 1 heterocycles. The minimum atomic E-state index is -0.381. The summed E-state index contributed by atoms with van der Waals surface area (Å²) >= 11 is 0. The zero-order valence-corrected chi connectivity index (χ0v) is 14.1. The van der Waals surface area contributed by atoms with Crippen LogP contribution >= 0.6 is 0 Å². The first-order valence-corrected chi connectivity index (χ1v) is 8.21. The van der Waals surface area contributed by atoms with Gasteiger partial charge in [0.1, 0.15) is 0 Å². The molecule has 0 radical (unpaired) electrons. The summed E-state index contributed by atoms with van der Waals surface area (Å²) in [5.41, 5.74) is 2.34. The van der Waals surface area contributed by atoms with Crippen LogP contribution in [-0.4, -0.2) is 44.2 Å². The maximum atomic E-state index is 13.7. The van der Waals surface area contributed by atoms with Gasteiger partial charge in [0.05, 0.1) is 20.3 Å². The summed E-state index contributed by atoms with van der Waals surface area (Å²) in [6.07, 6.45) is 0. The molecule has 6 heteroatoms. The van der Waals surface area contributed by atoms with E-state index in [9.17, 15) is 9.18 Å². The molecule has 1 fully saturated rings. The topological polar surface area (TPSA) is 50.8 Å². The molecule has 0 unspecified atom stereocenters. The van der Waals surface area contributed by atoms with Gasteiger partial charge < -0.3 is 19.7 Å². The molecule has 132 valence electrons. The van der Waals surface area contributed by atoms with E-state index in [2.05, 4.69) is 5.32 Å². The van der Waals surface area contributed by atoms with Gasteiger partial charge in [-0.3, -0.25) is 4.79 Å². The van der Waals surface area contributed by atoms with E-state index in [-0.39, 0.29) is 17.5 Å². The Labute approximate surface area is 146 Å². The Hall–Kier alpha value is -2.60. The number of hydrogen-bond donors (Lipinski definition) is 1. The van der Waals surface area contributed by atoms with Crippen LogP contribution in [0.2, 0.25) is 0 Å². The highest BCUT2D eigenvalue weighted by atomic mass is 19.1. The highest BCUT2D eigenvalue weighted by Crippen LogP contribution is 2.19. The van der Waals surface area contributed by atoms with Crippen molar-refractivity contribution in [1.82, 2.24) is 4.90 Å². The van der Waals surface area contributed by atoms with Gasteiger partial charge >= 0.3 is 0 Å². The number of methoxy groups -OCH3 is 1. The van der Waals surface area contributed by atoms with E-state index in [0.717, 1.165) is 11.3 Å². The lowest BCUT2D eigenvalue weighted by molar-refractivity contribution is 0.0303. The van der Waals surface area contributed by atoms with Crippen molar-refractivity contribution in [2.45, 2.75) is 6.54 Å². The van der Waals surface area contributed by atoms with E-state index in [0.29, 0.717) is 38.4 Å². The highest BCUT2D eigenvalue weighted by molar-refractivity contribution is 5.94. The third kappa shape index (κ3) is 4.28. The van der Waals surface area contributed by atoms with Crippen molar-refractivity contribution in [2.24, 2.45) is 0 Å². The molecule has 0 spiro atoms. The quantitative estimate of drug-likeness (QED) is 0.906. The van der Waals surface area contributed by atoms with Crippen LogP contribution in [0.4, 0.5) is 10.1 Å². The number of hydrogen-bond acceptors (Lipinski definition) is 4. The third-order valence-electron chi connectivity index (χ3n) is 4.14. The molecule has 2 aromatic carbocycles. The lowest BCUT2D eigenvalue weighted by atomic mass is 10.1. The largest absolute Gasteiger partial charge is 0.494 e. The molecule has 1 aliphatic heterocycles. The second-order valence-electron chi connectivity index (χ2n) is 5.80. The van der Waals surface area contributed by atoms with E-state index >= 15 is 0 Å². The molecule has 0 saturated carbocycles. The zero-order chi connectivity index (χ0) is 17.6. The summed E-state index contributed by atoms with van der Waals surface area (Å²) in [6.45, 7) is 2.91. The number of carbonyl (C=O) groups excluding carboxylic acids is 1. The Morgan fingerprint density at radius 1 is 1.20 bits per heavy atom. The second kappa shape index (κ2) is 7.98. The number of ether oxygens (including phenoxy) is 2. The first kappa shape index (κ1) is 17.2. The van der Waals surface area contributed by atoms with E-state index in [1.54, 1.807) is 23.1 Å². The number of carbonyl (C=O) groups is 1. The first-order valence-electron chi connectivity index (χ1n) is 8.21. The van der Waals surface area contributed by atoms with E-state index < -0.39 is 0 Å². The molecule has 5 nitrogen and oxygen atoms in total. The standard InChI is InChI=1S/C19H21FN2O3/c1-24-18-7-2-14(12-17(18)20)13-21-16-5-3-15(4-6-16)19(23)22-8-10-25-11-9-22/h2-7,12,21H,8-11,13H2,1H3. The lowest BCUT2D eigenvalue weighted by Crippen LogP contribution is -2.40. The van der Waals surface area contributed by atoms with E-state index in [1.807, 2.05) is 18.2 Å². The Morgan fingerprint density at radius 3 is 2.56 bits per heavy atom. The molecule has 0 bridgehead atoms. The van der Waals surface area contributed by atoms with Crippen molar-refractivity contribution in [1.29, 1.82) is 0 Å². The SMILES string of the molecule is COc1ccc(CNc2ccc(C(=O)N3CCOCC3)cc2)cc1F. The fourth-order valence-electron chi connectivity index (χ4n) is 2.70. The first-order chi connectivity index (χ1) is 12.2. The Kier molecular flexibility index (Phi) is 5.50. The molecular weight excluding hydrogens is 323 g/mol. The Balaban J connectivity index is 1.59. The van der Waals surface area contributed by atoms with Gasteiger partial charge in [0.2, 0.25) is 0 Å². The smallest absolute Gasteiger partial charge is 0.254 e. The van der Waals surface area contributed by atoms with E-state index in [4.69, 9.17) is 9.47 Å². The fourth-order valence-corrected chi connectivity index (χ4v) is 2.70.